The largest absolute Gasteiger partial charge is 1.00 e. The molecule has 2 bridgehead atoms. The van der Waals surface area contributed by atoms with Crippen LogP contribution in [-0.2, 0) is 29.3 Å². The van der Waals surface area contributed by atoms with Gasteiger partial charge in [-0.1, -0.05) is 0 Å². The van der Waals surface area contributed by atoms with Crippen molar-refractivity contribution < 1.29 is 17.1 Å². The van der Waals surface area contributed by atoms with Crippen LogP contribution < -0.4 is 0 Å². The summed E-state index contributed by atoms with van der Waals surface area (Å²) in [4.78, 5) is 10.4. The Balaban J connectivity index is 0.00000176. The van der Waals surface area contributed by atoms with Gasteiger partial charge in [-0.15, -0.1) is 0 Å². The van der Waals surface area contributed by atoms with E-state index < -0.39 is 0 Å². The minimum Gasteiger partial charge on any atom is -0.515 e. The zero-order valence-corrected chi connectivity index (χ0v) is 14.5. The maximum Gasteiger partial charge on any atom is 1.00 e. The van der Waals surface area contributed by atoms with Crippen molar-refractivity contribution in [1.29, 1.82) is 0 Å². The molecule has 22 heavy (non-hydrogen) atoms. The van der Waals surface area contributed by atoms with E-state index in [1.807, 2.05) is 13.0 Å². The van der Waals surface area contributed by atoms with E-state index >= 15 is 0 Å². The summed E-state index contributed by atoms with van der Waals surface area (Å²) < 4.78 is 0. The van der Waals surface area contributed by atoms with Gasteiger partial charge in [0.15, 0.2) is 17.3 Å². The topological polar surface area (TPSA) is 55.5 Å². The summed E-state index contributed by atoms with van der Waals surface area (Å²) in [5, 5.41) is 4.99. The number of nitrogens with zero attached hydrogens (tertiary/aromatic N) is 5. The molecule has 7 heteroatoms. The fourth-order valence-electron chi connectivity index (χ4n) is 3.20. The minimum absolute atomic E-state index is 0. The molecule has 122 valence electrons. The Labute approximate surface area is 147 Å². The number of hydrogen-bond acceptors (Lipinski definition) is 3. The Kier molecular flexibility index (Phi) is 6.44. The van der Waals surface area contributed by atoms with Crippen molar-refractivity contribution in [2.24, 2.45) is 16.9 Å². The van der Waals surface area contributed by atoms with E-state index in [-0.39, 0.29) is 17.1 Å². The molecular formula is C15H21CuN5S+. The van der Waals surface area contributed by atoms with Crippen molar-refractivity contribution in [3.8, 4) is 0 Å². The molecule has 5 nitrogen and oxygen atoms in total. The zero-order valence-electron chi connectivity index (χ0n) is 12.6. The van der Waals surface area contributed by atoms with Crippen molar-refractivity contribution in [2.75, 3.05) is 13.1 Å². The molecule has 0 N–H and O–H groups in total. The Hall–Kier alpha value is -0.881. The Bertz CT molecular complexity index is 514. The smallest absolute Gasteiger partial charge is 0.515 e. The molecular weight excluding hydrogens is 346 g/mol. The monoisotopic (exact) mass is 366 g/mol. The van der Waals surface area contributed by atoms with Gasteiger partial charge in [-0.25, -0.2) is 14.9 Å². The molecule has 0 radical (unpaired) electrons. The molecule has 0 amide bonds. The molecule has 0 aromatic carbocycles. The SMILES string of the molecule is CC(=N[N-]C(=[SH+])N1CC2CCC(CC2)C1)c1ccncn1.[Cu+]. The minimum atomic E-state index is 0. The Morgan fingerprint density at radius 2 is 1.91 bits per heavy atom. The third kappa shape index (κ3) is 4.32. The number of aromatic nitrogens is 2. The molecule has 0 atom stereocenters. The molecule has 0 spiro atoms. The number of rotatable bonds is 2. The van der Waals surface area contributed by atoms with Crippen molar-refractivity contribution in [3.05, 3.63) is 29.7 Å². The summed E-state index contributed by atoms with van der Waals surface area (Å²) in [6.45, 7) is 4.04. The normalized spacial score (nSPS) is 25.2. The average molecular weight is 367 g/mol. The van der Waals surface area contributed by atoms with Gasteiger partial charge in [0.2, 0.25) is 0 Å². The molecule has 4 rings (SSSR count). The van der Waals surface area contributed by atoms with E-state index in [2.05, 4.69) is 37.6 Å². The van der Waals surface area contributed by atoms with E-state index in [1.54, 1.807) is 6.20 Å². The molecule has 3 heterocycles. The molecule has 1 saturated carbocycles. The van der Waals surface area contributed by atoms with E-state index in [0.717, 1.165) is 41.4 Å². The van der Waals surface area contributed by atoms with Gasteiger partial charge >= 0.3 is 17.1 Å². The predicted octanol–water partition coefficient (Wildman–Crippen LogP) is 2.06. The molecule has 3 fully saturated rings. The van der Waals surface area contributed by atoms with Crippen LogP contribution in [0.2, 0.25) is 0 Å². The van der Waals surface area contributed by atoms with Crippen molar-refractivity contribution >= 4 is 23.0 Å². The molecule has 1 aromatic rings. The van der Waals surface area contributed by atoms with Gasteiger partial charge < -0.3 is 10.5 Å². The van der Waals surface area contributed by atoms with Gasteiger partial charge in [-0.2, -0.15) is 0 Å². The summed E-state index contributed by atoms with van der Waals surface area (Å²) in [6, 6.07) is 1.83. The molecule has 2 aliphatic heterocycles. The van der Waals surface area contributed by atoms with Gasteiger partial charge in [0, 0.05) is 25.0 Å². The molecule has 3 aliphatic rings. The van der Waals surface area contributed by atoms with Crippen LogP contribution in [0.3, 0.4) is 0 Å². The molecule has 1 aliphatic carbocycles. The fourth-order valence-corrected chi connectivity index (χ4v) is 3.40. The maximum atomic E-state index is 4.55. The summed E-state index contributed by atoms with van der Waals surface area (Å²) >= 11 is 4.55. The first-order valence-electron chi connectivity index (χ1n) is 7.55. The van der Waals surface area contributed by atoms with Crippen LogP contribution in [0.5, 0.6) is 0 Å². The third-order valence-corrected chi connectivity index (χ3v) is 4.82. The van der Waals surface area contributed by atoms with Crippen LogP contribution in [0.1, 0.15) is 38.3 Å². The predicted molar refractivity (Wildman–Crippen MR) is 88.4 cm³/mol. The molecule has 2 saturated heterocycles. The first kappa shape index (κ1) is 17.5. The van der Waals surface area contributed by atoms with Crippen LogP contribution in [0.15, 0.2) is 23.7 Å². The first-order chi connectivity index (χ1) is 10.2. The van der Waals surface area contributed by atoms with E-state index in [9.17, 15) is 0 Å². The summed E-state index contributed by atoms with van der Waals surface area (Å²) in [5.41, 5.74) is 5.87. The van der Waals surface area contributed by atoms with E-state index in [1.165, 1.54) is 32.0 Å². The second-order valence-corrected chi connectivity index (χ2v) is 6.37. The maximum absolute atomic E-state index is 4.55. The average Bonchev–Trinajstić information content (AvgIpc) is 2.87. The number of fused-ring (bicyclic) bond motifs is 4. The molecule has 1 aromatic heterocycles. The second-order valence-electron chi connectivity index (χ2n) is 5.97. The van der Waals surface area contributed by atoms with E-state index in [4.69, 9.17) is 0 Å². The van der Waals surface area contributed by atoms with Crippen LogP contribution in [0.4, 0.5) is 0 Å². The van der Waals surface area contributed by atoms with E-state index in [0.29, 0.717) is 0 Å². The first-order valence-corrected chi connectivity index (χ1v) is 7.99. The van der Waals surface area contributed by atoms with Crippen LogP contribution >= 0.6 is 0 Å². The van der Waals surface area contributed by atoms with Crippen molar-refractivity contribution in [3.63, 3.8) is 0 Å². The summed E-state index contributed by atoms with van der Waals surface area (Å²) in [7, 11) is 0. The Morgan fingerprint density at radius 3 is 2.45 bits per heavy atom. The van der Waals surface area contributed by atoms with Gasteiger partial charge in [-0.05, 0) is 50.5 Å². The zero-order chi connectivity index (χ0) is 14.7. The van der Waals surface area contributed by atoms with Gasteiger partial charge in [0.25, 0.3) is 0 Å². The number of hydrogen-bond donors (Lipinski definition) is 0. The van der Waals surface area contributed by atoms with Crippen LogP contribution in [0.25, 0.3) is 5.43 Å². The fraction of sp³-hybridized carbons (Fsp3) is 0.600. The number of thiol groups is 1. The van der Waals surface area contributed by atoms with Crippen LogP contribution in [0, 0.1) is 11.8 Å². The van der Waals surface area contributed by atoms with Gasteiger partial charge in [0.05, 0.1) is 5.69 Å². The third-order valence-electron chi connectivity index (χ3n) is 4.45. The standard InChI is InChI=1S/C15H21N5S.Cu/c1-11(14-6-7-16-10-17-14)18-19-15(21)20-8-12-2-3-13(9-20)5-4-12;/h6-7,10,12-13H,2-5,8-9H2,1H3,(H,16,17,19,21);/q;+1. The molecule has 0 unspecified atom stereocenters. The van der Waals surface area contributed by atoms with Crippen LogP contribution in [-0.4, -0.2) is 38.8 Å². The second kappa shape index (κ2) is 8.11. The summed E-state index contributed by atoms with van der Waals surface area (Å²) in [5.74, 6) is 1.60. The van der Waals surface area contributed by atoms with Crippen molar-refractivity contribution in [2.45, 2.75) is 32.6 Å². The summed E-state index contributed by atoms with van der Waals surface area (Å²) in [6.07, 6.45) is 8.64. The van der Waals surface area contributed by atoms with Gasteiger partial charge in [-0.3, -0.25) is 0 Å². The van der Waals surface area contributed by atoms with Gasteiger partial charge in [0.1, 0.15) is 6.33 Å². The Morgan fingerprint density at radius 1 is 1.27 bits per heavy atom. The van der Waals surface area contributed by atoms with Crippen molar-refractivity contribution in [1.82, 2.24) is 14.9 Å². The quantitative estimate of drug-likeness (QED) is 0.201.